The minimum Gasteiger partial charge on any atom is -0.392 e. The van der Waals surface area contributed by atoms with Gasteiger partial charge in [-0.05, 0) is 37.2 Å². The Labute approximate surface area is 102 Å². The van der Waals surface area contributed by atoms with Crippen LogP contribution in [-0.4, -0.2) is 23.2 Å². The largest absolute Gasteiger partial charge is 0.392 e. The third kappa shape index (κ3) is 2.16. The summed E-state index contributed by atoms with van der Waals surface area (Å²) in [6, 6.07) is 1.93. The standard InChI is InChI=1S/C14H20N2O/c17-10-13-4-5-15-7-14(13)16-8-11-2-1-3-12(6-11)9-16/h4-5,7,11-12,17H,1-3,6,8-10H2. The minimum absolute atomic E-state index is 0.115. The van der Waals surface area contributed by atoms with E-state index in [9.17, 15) is 5.11 Å². The van der Waals surface area contributed by atoms with E-state index >= 15 is 0 Å². The van der Waals surface area contributed by atoms with Gasteiger partial charge in [0.2, 0.25) is 0 Å². The lowest BCUT2D eigenvalue weighted by Gasteiger charge is -2.42. The number of hydrogen-bond donors (Lipinski definition) is 1. The Morgan fingerprint density at radius 1 is 1.29 bits per heavy atom. The van der Waals surface area contributed by atoms with E-state index in [0.29, 0.717) is 0 Å². The molecule has 1 aliphatic carbocycles. The molecule has 0 spiro atoms. The molecule has 1 saturated carbocycles. The average Bonchev–Trinajstić information content (AvgIpc) is 2.38. The second-order valence-electron chi connectivity index (χ2n) is 5.47. The van der Waals surface area contributed by atoms with E-state index in [0.717, 1.165) is 36.2 Å². The van der Waals surface area contributed by atoms with Crippen molar-refractivity contribution in [2.24, 2.45) is 11.8 Å². The molecule has 0 aromatic carbocycles. The first-order valence-corrected chi connectivity index (χ1v) is 6.65. The smallest absolute Gasteiger partial charge is 0.0703 e. The topological polar surface area (TPSA) is 36.4 Å². The van der Waals surface area contributed by atoms with Crippen molar-refractivity contribution in [3.05, 3.63) is 24.0 Å². The van der Waals surface area contributed by atoms with Gasteiger partial charge in [0.15, 0.2) is 0 Å². The Bertz CT molecular complexity index is 382. The van der Waals surface area contributed by atoms with Crippen LogP contribution in [0.1, 0.15) is 31.2 Å². The van der Waals surface area contributed by atoms with Gasteiger partial charge in [0.05, 0.1) is 18.5 Å². The maximum Gasteiger partial charge on any atom is 0.0703 e. The molecular formula is C14H20N2O. The van der Waals surface area contributed by atoms with Crippen LogP contribution in [0.15, 0.2) is 18.5 Å². The summed E-state index contributed by atoms with van der Waals surface area (Å²) >= 11 is 0. The molecule has 2 aliphatic rings. The van der Waals surface area contributed by atoms with Gasteiger partial charge >= 0.3 is 0 Å². The molecule has 0 amide bonds. The zero-order valence-corrected chi connectivity index (χ0v) is 10.2. The summed E-state index contributed by atoms with van der Waals surface area (Å²) in [7, 11) is 0. The van der Waals surface area contributed by atoms with Crippen LogP contribution >= 0.6 is 0 Å². The molecule has 1 aromatic rings. The van der Waals surface area contributed by atoms with Gasteiger partial charge in [0.1, 0.15) is 0 Å². The summed E-state index contributed by atoms with van der Waals surface area (Å²) in [6.07, 6.45) is 9.24. The number of piperidine rings is 1. The van der Waals surface area contributed by atoms with Gasteiger partial charge in [-0.1, -0.05) is 6.42 Å². The van der Waals surface area contributed by atoms with E-state index in [-0.39, 0.29) is 6.61 Å². The molecule has 2 atom stereocenters. The fourth-order valence-electron chi connectivity index (χ4n) is 3.46. The lowest BCUT2D eigenvalue weighted by Crippen LogP contribution is -2.43. The average molecular weight is 232 g/mol. The van der Waals surface area contributed by atoms with Gasteiger partial charge in [-0.3, -0.25) is 4.98 Å². The molecule has 92 valence electrons. The Morgan fingerprint density at radius 3 is 2.76 bits per heavy atom. The molecule has 0 radical (unpaired) electrons. The van der Waals surface area contributed by atoms with Crippen LogP contribution in [0, 0.1) is 11.8 Å². The summed E-state index contributed by atoms with van der Waals surface area (Å²) < 4.78 is 0. The van der Waals surface area contributed by atoms with Gasteiger partial charge in [0, 0.05) is 24.8 Å². The van der Waals surface area contributed by atoms with Gasteiger partial charge in [-0.15, -0.1) is 0 Å². The van der Waals surface area contributed by atoms with Crippen molar-refractivity contribution < 1.29 is 5.11 Å². The second kappa shape index (κ2) is 4.65. The van der Waals surface area contributed by atoms with Gasteiger partial charge in [0.25, 0.3) is 0 Å². The summed E-state index contributed by atoms with van der Waals surface area (Å²) in [6.45, 7) is 2.41. The zero-order valence-electron chi connectivity index (χ0n) is 10.2. The summed E-state index contributed by atoms with van der Waals surface area (Å²) in [4.78, 5) is 6.65. The third-order valence-corrected chi connectivity index (χ3v) is 4.25. The Kier molecular flexibility index (Phi) is 3.02. The SMILES string of the molecule is OCc1ccncc1N1CC2CCCC(C2)C1. The molecule has 1 saturated heterocycles. The van der Waals surface area contributed by atoms with Crippen molar-refractivity contribution in [2.75, 3.05) is 18.0 Å². The summed E-state index contributed by atoms with van der Waals surface area (Å²) in [5.74, 6) is 1.71. The molecule has 3 rings (SSSR count). The van der Waals surface area contributed by atoms with E-state index in [4.69, 9.17) is 0 Å². The molecule has 3 heteroatoms. The number of hydrogen-bond acceptors (Lipinski definition) is 3. The zero-order chi connectivity index (χ0) is 11.7. The van der Waals surface area contributed by atoms with E-state index < -0.39 is 0 Å². The van der Waals surface area contributed by atoms with Crippen molar-refractivity contribution in [1.29, 1.82) is 0 Å². The molecule has 17 heavy (non-hydrogen) atoms. The van der Waals surface area contributed by atoms with Crippen LogP contribution in [0.4, 0.5) is 5.69 Å². The minimum atomic E-state index is 0.115. The van der Waals surface area contributed by atoms with Gasteiger partial charge in [-0.25, -0.2) is 0 Å². The van der Waals surface area contributed by atoms with Crippen molar-refractivity contribution >= 4 is 5.69 Å². The molecule has 1 aliphatic heterocycles. The van der Waals surface area contributed by atoms with Crippen molar-refractivity contribution in [3.63, 3.8) is 0 Å². The van der Waals surface area contributed by atoms with Crippen LogP contribution in [0.25, 0.3) is 0 Å². The van der Waals surface area contributed by atoms with E-state index in [1.165, 1.54) is 25.7 Å². The molecule has 2 heterocycles. The molecule has 2 bridgehead atoms. The maximum atomic E-state index is 9.40. The van der Waals surface area contributed by atoms with Crippen molar-refractivity contribution in [1.82, 2.24) is 4.98 Å². The Balaban J connectivity index is 1.84. The Morgan fingerprint density at radius 2 is 2.06 bits per heavy atom. The second-order valence-corrected chi connectivity index (χ2v) is 5.47. The van der Waals surface area contributed by atoms with Crippen LogP contribution in [0.2, 0.25) is 0 Å². The molecule has 2 unspecified atom stereocenters. The third-order valence-electron chi connectivity index (χ3n) is 4.25. The number of anilines is 1. The molecule has 2 fully saturated rings. The summed E-state index contributed by atoms with van der Waals surface area (Å²) in [5.41, 5.74) is 2.16. The van der Waals surface area contributed by atoms with Gasteiger partial charge in [-0.2, -0.15) is 0 Å². The maximum absolute atomic E-state index is 9.40. The first kappa shape index (κ1) is 11.0. The molecular weight excluding hydrogens is 212 g/mol. The quantitative estimate of drug-likeness (QED) is 0.849. The first-order valence-electron chi connectivity index (χ1n) is 6.65. The van der Waals surface area contributed by atoms with Crippen LogP contribution in [0.3, 0.4) is 0 Å². The normalized spacial score (nSPS) is 28.2. The highest BCUT2D eigenvalue weighted by Gasteiger charge is 2.31. The molecule has 3 nitrogen and oxygen atoms in total. The molecule has 1 N–H and O–H groups in total. The number of aliphatic hydroxyl groups is 1. The van der Waals surface area contributed by atoms with Crippen LogP contribution in [-0.2, 0) is 6.61 Å². The van der Waals surface area contributed by atoms with Crippen molar-refractivity contribution in [3.8, 4) is 0 Å². The van der Waals surface area contributed by atoms with E-state index in [1.54, 1.807) is 6.20 Å². The Hall–Kier alpha value is -1.09. The number of pyridine rings is 1. The van der Waals surface area contributed by atoms with Crippen LogP contribution in [0.5, 0.6) is 0 Å². The first-order chi connectivity index (χ1) is 8.36. The number of rotatable bonds is 2. The highest BCUT2D eigenvalue weighted by atomic mass is 16.3. The van der Waals surface area contributed by atoms with Crippen LogP contribution < -0.4 is 4.90 Å². The lowest BCUT2D eigenvalue weighted by molar-refractivity contribution is 0.230. The highest BCUT2D eigenvalue weighted by Crippen LogP contribution is 2.36. The lowest BCUT2D eigenvalue weighted by atomic mass is 9.78. The predicted octanol–water partition coefficient (Wildman–Crippen LogP) is 2.20. The fraction of sp³-hybridized carbons (Fsp3) is 0.643. The van der Waals surface area contributed by atoms with E-state index in [1.807, 2.05) is 12.3 Å². The fourth-order valence-corrected chi connectivity index (χ4v) is 3.46. The predicted molar refractivity (Wildman–Crippen MR) is 67.8 cm³/mol. The number of aromatic nitrogens is 1. The van der Waals surface area contributed by atoms with Crippen molar-refractivity contribution in [2.45, 2.75) is 32.3 Å². The van der Waals surface area contributed by atoms with E-state index in [2.05, 4.69) is 9.88 Å². The molecule has 1 aromatic heterocycles. The van der Waals surface area contributed by atoms with Gasteiger partial charge < -0.3 is 10.0 Å². The number of fused-ring (bicyclic) bond motifs is 2. The highest BCUT2D eigenvalue weighted by molar-refractivity contribution is 5.52. The summed E-state index contributed by atoms with van der Waals surface area (Å²) in [5, 5.41) is 9.40. The number of nitrogens with zero attached hydrogens (tertiary/aromatic N) is 2. The number of aliphatic hydroxyl groups excluding tert-OH is 1. The monoisotopic (exact) mass is 232 g/mol.